The van der Waals surface area contributed by atoms with Gasteiger partial charge in [-0.15, -0.1) is 0 Å². The van der Waals surface area contributed by atoms with Crippen molar-refractivity contribution in [3.8, 4) is 34.9 Å². The smallest absolute Gasteiger partial charge is 0.224 e. The maximum Gasteiger partial charge on any atom is 0.224 e. The van der Waals surface area contributed by atoms with Crippen LogP contribution in [-0.2, 0) is 28.4 Å². The summed E-state index contributed by atoms with van der Waals surface area (Å²) < 4.78 is 60.1. The quantitative estimate of drug-likeness (QED) is 0.0843. The molecule has 18 nitrogen and oxygen atoms in total. The van der Waals surface area contributed by atoms with Crippen LogP contribution in [-0.4, -0.2) is 142 Å². The van der Waals surface area contributed by atoms with Gasteiger partial charge in [0.15, 0.2) is 38.7 Å². The van der Waals surface area contributed by atoms with Crippen molar-refractivity contribution in [3.63, 3.8) is 0 Å². The lowest BCUT2D eigenvalue weighted by molar-refractivity contribution is 0.0500. The van der Waals surface area contributed by atoms with Crippen molar-refractivity contribution < 1.29 is 71.5 Å². The minimum atomic E-state index is 0.0619. The number of hydrogen-bond donors (Lipinski definition) is 1. The molecule has 0 fully saturated rings. The molecule has 0 aliphatic rings. The van der Waals surface area contributed by atoms with E-state index in [1.54, 1.807) is 59.8 Å². The third kappa shape index (κ3) is 22.9. The van der Waals surface area contributed by atoms with E-state index in [-0.39, 0.29) is 32.9 Å². The Morgan fingerprint density at radius 2 is 1.04 bits per heavy atom. The Morgan fingerprint density at radius 3 is 1.56 bits per heavy atom. The van der Waals surface area contributed by atoms with E-state index in [9.17, 15) is 9.59 Å². The van der Waals surface area contributed by atoms with Crippen molar-refractivity contribution in [3.05, 3.63) is 54.0 Å². The minimum absolute atomic E-state index is 0.0619. The van der Waals surface area contributed by atoms with Gasteiger partial charge in [0.1, 0.15) is 31.3 Å². The number of aliphatic hydroxyl groups excluding tert-OH is 1. The van der Waals surface area contributed by atoms with Crippen LogP contribution in [0.15, 0.2) is 42.9 Å². The van der Waals surface area contributed by atoms with E-state index < -0.39 is 0 Å². The van der Waals surface area contributed by atoms with Crippen LogP contribution in [0, 0.1) is 0 Å². The van der Waals surface area contributed by atoms with Crippen molar-refractivity contribution >= 4 is 12.6 Å². The van der Waals surface area contributed by atoms with Crippen LogP contribution >= 0.6 is 0 Å². The molecule has 0 saturated carbocycles. The molecule has 0 aliphatic heterocycles. The average molecular weight is 742 g/mol. The molecule has 3 heterocycles. The highest BCUT2D eigenvalue weighted by Gasteiger charge is 2.08. The Kier molecular flexibility index (Phi) is 30.4. The second-order valence-electron chi connectivity index (χ2n) is 9.19. The van der Waals surface area contributed by atoms with Gasteiger partial charge in [-0.2, -0.15) is 0 Å². The second-order valence-corrected chi connectivity index (χ2v) is 9.19. The van der Waals surface area contributed by atoms with E-state index in [0.717, 1.165) is 0 Å². The van der Waals surface area contributed by atoms with Crippen LogP contribution in [0.1, 0.15) is 27.6 Å². The molecule has 0 aromatic carbocycles. The zero-order chi connectivity index (χ0) is 38.7. The van der Waals surface area contributed by atoms with E-state index in [1.165, 1.54) is 32.7 Å². The molecule has 0 radical (unpaired) electrons. The van der Waals surface area contributed by atoms with Gasteiger partial charge in [0.2, 0.25) is 17.6 Å². The minimum Gasteiger partial charge on any atom is -0.475 e. The molecule has 0 amide bonds. The molecule has 0 saturated heterocycles. The van der Waals surface area contributed by atoms with Gasteiger partial charge < -0.3 is 61.9 Å². The molecule has 0 spiro atoms. The fraction of sp³-hybridized carbons (Fsp3) is 0.500. The van der Waals surface area contributed by atoms with Crippen LogP contribution in [0.3, 0.4) is 0 Å². The first-order chi connectivity index (χ1) is 25.4. The number of rotatable bonds is 23. The maximum atomic E-state index is 10.8. The molecule has 0 unspecified atom stereocenters. The largest absolute Gasteiger partial charge is 0.475 e. The molecular formula is C34H51N3O15. The summed E-state index contributed by atoms with van der Waals surface area (Å²) >= 11 is 0. The summed E-state index contributed by atoms with van der Waals surface area (Å²) in [7, 11) is 9.34. The number of nitrogens with zero attached hydrogens (tertiary/aromatic N) is 3. The van der Waals surface area contributed by atoms with E-state index in [2.05, 4.69) is 15.0 Å². The topological polar surface area (TPSA) is 204 Å². The van der Waals surface area contributed by atoms with Gasteiger partial charge in [0.25, 0.3) is 0 Å². The Bertz CT molecular complexity index is 1300. The third-order valence-electron chi connectivity index (χ3n) is 5.31. The molecule has 0 aliphatic carbocycles. The van der Waals surface area contributed by atoms with E-state index in [0.29, 0.717) is 92.3 Å². The first-order valence-corrected chi connectivity index (χ1v) is 15.6. The lowest BCUT2D eigenvalue weighted by atomic mass is 10.3. The molecule has 3 rings (SSSR count). The summed E-state index contributed by atoms with van der Waals surface area (Å²) in [6, 6.07) is 6.56. The van der Waals surface area contributed by atoms with Gasteiger partial charge in [-0.1, -0.05) is 0 Å². The molecule has 3 aromatic heterocycles. The van der Waals surface area contributed by atoms with Gasteiger partial charge in [0, 0.05) is 61.4 Å². The summed E-state index contributed by atoms with van der Waals surface area (Å²) in [6.45, 7) is 4.94. The predicted molar refractivity (Wildman–Crippen MR) is 186 cm³/mol. The van der Waals surface area contributed by atoms with Crippen molar-refractivity contribution in [2.75, 3.05) is 109 Å². The Balaban J connectivity index is 0.000000723. The lowest BCUT2D eigenvalue weighted by Crippen LogP contribution is -2.08. The molecule has 0 bridgehead atoms. The van der Waals surface area contributed by atoms with E-state index in [1.807, 2.05) is 0 Å². The highest BCUT2D eigenvalue weighted by Crippen LogP contribution is 2.21. The van der Waals surface area contributed by atoms with Crippen LogP contribution < -0.4 is 28.4 Å². The van der Waals surface area contributed by atoms with Gasteiger partial charge >= 0.3 is 0 Å². The molecule has 52 heavy (non-hydrogen) atoms. The molecule has 292 valence electrons. The Hall–Kier alpha value is -4.69. The van der Waals surface area contributed by atoms with Crippen molar-refractivity contribution in [1.82, 2.24) is 15.0 Å². The average Bonchev–Trinajstić information content (AvgIpc) is 3.17. The van der Waals surface area contributed by atoms with Crippen molar-refractivity contribution in [1.29, 1.82) is 0 Å². The standard InChI is InChI=1S/2C11H15NO5.C10H15NO4.C2H6O/c1-14-3-4-16-11-5-9(7-13)10(6-12-11)17-8-15-2;1-14-3-4-16-11-9(7-13)5-10(6-12-11)17-8-15-2;1-12-5-6-14-10-4-3-9(7-11-10)15-8-13-2;1-2-3/h2*5-7H,3-4,8H2,1-2H3;3-4,7H,5-6,8H2,1-2H3;3H,2H2,1H3. The zero-order valence-corrected chi connectivity index (χ0v) is 30.8. The summed E-state index contributed by atoms with van der Waals surface area (Å²) in [4.78, 5) is 33.7. The monoisotopic (exact) mass is 741 g/mol. The Morgan fingerprint density at radius 1 is 0.538 bits per heavy atom. The van der Waals surface area contributed by atoms with Gasteiger partial charge in [0.05, 0.1) is 49.5 Å². The number of hydrogen-bond acceptors (Lipinski definition) is 18. The number of aldehydes is 2. The normalized spacial score (nSPS) is 9.77. The predicted octanol–water partition coefficient (Wildman–Crippen LogP) is 2.89. The fourth-order valence-electron chi connectivity index (χ4n) is 3.06. The summed E-state index contributed by atoms with van der Waals surface area (Å²) in [6.07, 6.45) is 5.81. The van der Waals surface area contributed by atoms with Crippen LogP contribution in [0.4, 0.5) is 0 Å². The highest BCUT2D eigenvalue weighted by atomic mass is 16.7. The van der Waals surface area contributed by atoms with Crippen molar-refractivity contribution in [2.24, 2.45) is 0 Å². The van der Waals surface area contributed by atoms with E-state index >= 15 is 0 Å². The number of ether oxygens (including phenoxy) is 12. The van der Waals surface area contributed by atoms with Crippen LogP contribution in [0.25, 0.3) is 0 Å². The van der Waals surface area contributed by atoms with E-state index in [4.69, 9.17) is 61.9 Å². The second kappa shape index (κ2) is 33.5. The first kappa shape index (κ1) is 47.3. The number of carbonyl (C=O) groups excluding carboxylic acids is 2. The third-order valence-corrected chi connectivity index (χ3v) is 5.31. The Labute approximate surface area is 304 Å². The number of aromatic nitrogens is 3. The SMILES string of the molecule is CCO.COCCOc1cc(C=O)c(OCOC)cn1.COCCOc1ccc(OCOC)cn1.COCCOc1ncc(OCOC)cc1C=O. The molecule has 0 atom stereocenters. The fourth-order valence-corrected chi connectivity index (χ4v) is 3.06. The first-order valence-electron chi connectivity index (χ1n) is 15.6. The van der Waals surface area contributed by atoms with Gasteiger partial charge in [-0.05, 0) is 19.1 Å². The summed E-state index contributed by atoms with van der Waals surface area (Å²) in [5.74, 6) is 2.64. The number of aliphatic hydroxyl groups is 1. The molecular weight excluding hydrogens is 690 g/mol. The summed E-state index contributed by atoms with van der Waals surface area (Å²) in [5.41, 5.74) is 0.694. The maximum absolute atomic E-state index is 10.8. The molecule has 1 N–H and O–H groups in total. The van der Waals surface area contributed by atoms with Gasteiger partial charge in [-0.3, -0.25) is 9.59 Å². The molecule has 18 heteroatoms. The molecule has 3 aromatic rings. The number of pyridine rings is 3. The zero-order valence-electron chi connectivity index (χ0n) is 30.8. The highest BCUT2D eigenvalue weighted by molar-refractivity contribution is 5.79. The number of carbonyl (C=O) groups is 2. The summed E-state index contributed by atoms with van der Waals surface area (Å²) in [5, 5.41) is 7.57. The van der Waals surface area contributed by atoms with Crippen molar-refractivity contribution in [2.45, 2.75) is 6.92 Å². The van der Waals surface area contributed by atoms with Gasteiger partial charge in [-0.25, -0.2) is 15.0 Å². The van der Waals surface area contributed by atoms with Crippen LogP contribution in [0.2, 0.25) is 0 Å². The number of methoxy groups -OCH3 is 6. The lowest BCUT2D eigenvalue weighted by Gasteiger charge is -2.09. The van der Waals surface area contributed by atoms with Crippen LogP contribution in [0.5, 0.6) is 34.9 Å².